The number of nitriles is 1. The fourth-order valence-electron chi connectivity index (χ4n) is 1.07. The molecule has 0 aliphatic heterocycles. The zero-order valence-corrected chi connectivity index (χ0v) is 7.54. The highest BCUT2D eigenvalue weighted by Gasteiger charge is 1.99. The highest BCUT2D eigenvalue weighted by atomic mass is 14.9. The van der Waals surface area contributed by atoms with Gasteiger partial charge in [0.1, 0.15) is 0 Å². The van der Waals surface area contributed by atoms with Gasteiger partial charge in [-0.1, -0.05) is 0 Å². The lowest BCUT2D eigenvalue weighted by atomic mass is 10.2. The van der Waals surface area contributed by atoms with Crippen LogP contribution in [-0.2, 0) is 0 Å². The van der Waals surface area contributed by atoms with Gasteiger partial charge in [0.05, 0.1) is 23.0 Å². The maximum atomic E-state index is 8.65. The van der Waals surface area contributed by atoms with Gasteiger partial charge in [-0.2, -0.15) is 5.26 Å². The van der Waals surface area contributed by atoms with E-state index in [0.717, 1.165) is 17.9 Å². The minimum absolute atomic E-state index is 0.601. The first-order chi connectivity index (χ1) is 6.31. The van der Waals surface area contributed by atoms with Crippen molar-refractivity contribution in [3.05, 3.63) is 23.8 Å². The lowest BCUT2D eigenvalue weighted by molar-refractivity contribution is 1.21. The Kier molecular flexibility index (Phi) is 3.04. The summed E-state index contributed by atoms with van der Waals surface area (Å²) in [6.45, 7) is 6.28. The van der Waals surface area contributed by atoms with Crippen molar-refractivity contribution in [1.82, 2.24) is 0 Å². The third-order valence-corrected chi connectivity index (χ3v) is 1.66. The quantitative estimate of drug-likeness (QED) is 0.713. The molecule has 1 aromatic rings. The van der Waals surface area contributed by atoms with Gasteiger partial charge in [0.2, 0.25) is 0 Å². The van der Waals surface area contributed by atoms with Gasteiger partial charge in [-0.05, 0) is 31.8 Å². The number of nitrogens with one attached hydrogen (secondary N) is 1. The van der Waals surface area contributed by atoms with Crippen LogP contribution < -0.4 is 5.32 Å². The van der Waals surface area contributed by atoms with E-state index in [0.29, 0.717) is 5.56 Å². The van der Waals surface area contributed by atoms with Crippen molar-refractivity contribution in [1.29, 1.82) is 5.26 Å². The molecule has 3 nitrogen and oxygen atoms in total. The molecule has 0 saturated carbocycles. The molecule has 3 heteroatoms. The molecule has 1 aromatic carbocycles. The highest BCUT2D eigenvalue weighted by Crippen LogP contribution is 2.25. The van der Waals surface area contributed by atoms with Crippen LogP contribution in [0.4, 0.5) is 11.4 Å². The first-order valence-corrected chi connectivity index (χ1v) is 4.06. The molecule has 1 rings (SSSR count). The third-order valence-electron chi connectivity index (χ3n) is 1.66. The molecular formula is C10H11N3. The van der Waals surface area contributed by atoms with E-state index in [1.807, 2.05) is 13.0 Å². The van der Waals surface area contributed by atoms with E-state index in [4.69, 9.17) is 5.26 Å². The number of aliphatic imine (C=N–C) groups is 1. The van der Waals surface area contributed by atoms with Crippen LogP contribution in [0.2, 0.25) is 0 Å². The van der Waals surface area contributed by atoms with E-state index >= 15 is 0 Å². The molecule has 0 spiro atoms. The number of anilines is 1. The monoisotopic (exact) mass is 173 g/mol. The molecule has 0 unspecified atom stereocenters. The second-order valence-corrected chi connectivity index (χ2v) is 2.53. The molecule has 1 N–H and O–H groups in total. The smallest absolute Gasteiger partial charge is 0.0992 e. The molecular weight excluding hydrogens is 162 g/mol. The predicted molar refractivity (Wildman–Crippen MR) is 54.5 cm³/mol. The molecule has 0 bridgehead atoms. The van der Waals surface area contributed by atoms with Crippen LogP contribution in [0.15, 0.2) is 23.2 Å². The van der Waals surface area contributed by atoms with Gasteiger partial charge < -0.3 is 5.32 Å². The number of hydrogen-bond donors (Lipinski definition) is 1. The Morgan fingerprint density at radius 3 is 2.92 bits per heavy atom. The van der Waals surface area contributed by atoms with Gasteiger partial charge in [0.15, 0.2) is 0 Å². The zero-order valence-electron chi connectivity index (χ0n) is 7.54. The SMILES string of the molecule is C=Nc1cc(C#N)ccc1NCC. The number of benzene rings is 1. The van der Waals surface area contributed by atoms with E-state index in [9.17, 15) is 0 Å². The summed E-state index contributed by atoms with van der Waals surface area (Å²) in [5.41, 5.74) is 2.24. The summed E-state index contributed by atoms with van der Waals surface area (Å²) >= 11 is 0. The summed E-state index contributed by atoms with van der Waals surface area (Å²) in [4.78, 5) is 3.83. The summed E-state index contributed by atoms with van der Waals surface area (Å²) in [7, 11) is 0. The Morgan fingerprint density at radius 1 is 1.62 bits per heavy atom. The Labute approximate surface area is 77.7 Å². The molecule has 0 radical (unpaired) electrons. The molecule has 0 aliphatic carbocycles. The zero-order chi connectivity index (χ0) is 9.68. The largest absolute Gasteiger partial charge is 0.384 e. The maximum absolute atomic E-state index is 8.65. The summed E-state index contributed by atoms with van der Waals surface area (Å²) in [5.74, 6) is 0. The fraction of sp³-hybridized carbons (Fsp3) is 0.200. The van der Waals surface area contributed by atoms with Crippen LogP contribution in [0, 0.1) is 11.3 Å². The Bertz CT molecular complexity index is 350. The molecule has 0 aromatic heterocycles. The molecule has 0 saturated heterocycles. The van der Waals surface area contributed by atoms with Crippen molar-refractivity contribution < 1.29 is 0 Å². The second kappa shape index (κ2) is 4.27. The number of rotatable bonds is 3. The second-order valence-electron chi connectivity index (χ2n) is 2.53. The van der Waals surface area contributed by atoms with Gasteiger partial charge in [-0.15, -0.1) is 0 Å². The molecule has 0 atom stereocenters. The third kappa shape index (κ3) is 2.06. The summed E-state index contributed by atoms with van der Waals surface area (Å²) in [6.07, 6.45) is 0. The lowest BCUT2D eigenvalue weighted by Crippen LogP contribution is -1.96. The summed E-state index contributed by atoms with van der Waals surface area (Å²) < 4.78 is 0. The van der Waals surface area contributed by atoms with Crippen molar-refractivity contribution >= 4 is 18.1 Å². The fourth-order valence-corrected chi connectivity index (χ4v) is 1.07. The van der Waals surface area contributed by atoms with Crippen molar-refractivity contribution in [3.8, 4) is 6.07 Å². The van der Waals surface area contributed by atoms with Crippen LogP contribution >= 0.6 is 0 Å². The minimum Gasteiger partial charge on any atom is -0.384 e. The van der Waals surface area contributed by atoms with Crippen LogP contribution in [0.3, 0.4) is 0 Å². The van der Waals surface area contributed by atoms with E-state index in [1.54, 1.807) is 12.1 Å². The number of hydrogen-bond acceptors (Lipinski definition) is 3. The first-order valence-electron chi connectivity index (χ1n) is 4.06. The van der Waals surface area contributed by atoms with Crippen molar-refractivity contribution in [3.63, 3.8) is 0 Å². The van der Waals surface area contributed by atoms with Crippen LogP contribution in [-0.4, -0.2) is 13.3 Å². The van der Waals surface area contributed by atoms with Crippen LogP contribution in [0.25, 0.3) is 0 Å². The van der Waals surface area contributed by atoms with Gasteiger partial charge in [0, 0.05) is 6.54 Å². The average molecular weight is 173 g/mol. The normalized spacial score (nSPS) is 8.92. The molecule has 0 heterocycles. The van der Waals surface area contributed by atoms with Gasteiger partial charge >= 0.3 is 0 Å². The highest BCUT2D eigenvalue weighted by molar-refractivity contribution is 5.69. The van der Waals surface area contributed by atoms with E-state index in [-0.39, 0.29) is 0 Å². The Balaban J connectivity index is 3.09. The molecule has 13 heavy (non-hydrogen) atoms. The topological polar surface area (TPSA) is 48.2 Å². The Morgan fingerprint density at radius 2 is 2.38 bits per heavy atom. The van der Waals surface area contributed by atoms with Crippen molar-refractivity contribution in [2.75, 3.05) is 11.9 Å². The van der Waals surface area contributed by atoms with E-state index < -0.39 is 0 Å². The standard InChI is InChI=1S/C10H11N3/c1-3-13-9-5-4-8(7-11)6-10(9)12-2/h4-6,13H,2-3H2,1H3. The number of nitrogens with zero attached hydrogens (tertiary/aromatic N) is 2. The van der Waals surface area contributed by atoms with Crippen molar-refractivity contribution in [2.24, 2.45) is 4.99 Å². The van der Waals surface area contributed by atoms with E-state index in [1.165, 1.54) is 0 Å². The first kappa shape index (κ1) is 9.27. The summed E-state index contributed by atoms with van der Waals surface area (Å²) in [6, 6.07) is 7.36. The van der Waals surface area contributed by atoms with Gasteiger partial charge in [-0.25, -0.2) is 0 Å². The molecule has 0 aliphatic rings. The van der Waals surface area contributed by atoms with Crippen LogP contribution in [0.5, 0.6) is 0 Å². The molecule has 0 fully saturated rings. The van der Waals surface area contributed by atoms with Gasteiger partial charge in [-0.3, -0.25) is 4.99 Å². The summed E-state index contributed by atoms with van der Waals surface area (Å²) in [5, 5.41) is 11.8. The van der Waals surface area contributed by atoms with Gasteiger partial charge in [0.25, 0.3) is 0 Å². The van der Waals surface area contributed by atoms with Crippen LogP contribution in [0.1, 0.15) is 12.5 Å². The molecule has 0 amide bonds. The average Bonchev–Trinajstić information content (AvgIpc) is 2.19. The maximum Gasteiger partial charge on any atom is 0.0992 e. The lowest BCUT2D eigenvalue weighted by Gasteiger charge is -2.06. The minimum atomic E-state index is 0.601. The van der Waals surface area contributed by atoms with E-state index in [2.05, 4.69) is 23.1 Å². The molecule has 66 valence electrons. The predicted octanol–water partition coefficient (Wildman–Crippen LogP) is 2.32. The van der Waals surface area contributed by atoms with Crippen molar-refractivity contribution in [2.45, 2.75) is 6.92 Å². The Hall–Kier alpha value is -1.82.